The predicted octanol–water partition coefficient (Wildman–Crippen LogP) is 10.3. The first-order valence-electron chi connectivity index (χ1n) is 14.1. The maximum atomic E-state index is 4.29. The number of para-hydroxylation sites is 2. The average Bonchev–Trinajstić information content (AvgIpc) is 3.06. The Balaban J connectivity index is 1.45. The third-order valence-corrected chi connectivity index (χ3v) is 7.93. The van der Waals surface area contributed by atoms with E-state index in [1.807, 2.05) is 24.8 Å². The lowest BCUT2D eigenvalue weighted by Gasteiger charge is -2.30. The van der Waals surface area contributed by atoms with Crippen LogP contribution in [0, 0.1) is 0 Å². The second kappa shape index (κ2) is 10.0. The van der Waals surface area contributed by atoms with Crippen molar-refractivity contribution < 1.29 is 0 Å². The van der Waals surface area contributed by atoms with Crippen LogP contribution in [-0.4, -0.2) is 9.97 Å². The molecular weight excluding hydrogens is 512 g/mol. The van der Waals surface area contributed by atoms with Crippen LogP contribution in [0.25, 0.3) is 32.3 Å². The van der Waals surface area contributed by atoms with Gasteiger partial charge in [0.05, 0.1) is 11.4 Å². The second-order valence-corrected chi connectivity index (χ2v) is 10.4. The van der Waals surface area contributed by atoms with Gasteiger partial charge in [0.15, 0.2) is 0 Å². The van der Waals surface area contributed by atoms with Crippen molar-refractivity contribution in [3.05, 3.63) is 158 Å². The zero-order valence-corrected chi connectivity index (χ0v) is 22.8. The van der Waals surface area contributed by atoms with Crippen molar-refractivity contribution in [3.63, 3.8) is 0 Å². The van der Waals surface area contributed by atoms with E-state index in [0.29, 0.717) is 0 Å². The number of pyridine rings is 2. The summed E-state index contributed by atoms with van der Waals surface area (Å²) >= 11 is 0. The highest BCUT2D eigenvalue weighted by atomic mass is 15.2. The second-order valence-electron chi connectivity index (χ2n) is 10.4. The lowest BCUT2D eigenvalue weighted by atomic mass is 9.91. The number of rotatable bonds is 6. The van der Waals surface area contributed by atoms with Crippen LogP contribution in [0.15, 0.2) is 158 Å². The standard InChI is InChI=1S/C38H26N4/c1-3-11-29(12-4-1)41(31-17-21-39-22-18-31)35-25-27-9-8-16-34-36(26-28-10-7-15-33(35)37(28)38(27)34)42(30-13-5-2-6-14-30)32-19-23-40-24-20-32/h1-26H. The number of anilines is 6. The fourth-order valence-corrected chi connectivity index (χ4v) is 6.18. The van der Waals surface area contributed by atoms with Crippen LogP contribution < -0.4 is 9.80 Å². The van der Waals surface area contributed by atoms with Crippen LogP contribution in [0.1, 0.15) is 0 Å². The first kappa shape index (κ1) is 24.1. The Bertz CT molecular complexity index is 1890. The minimum absolute atomic E-state index is 1.07. The smallest absolute Gasteiger partial charge is 0.0546 e. The molecule has 0 N–H and O–H groups in total. The van der Waals surface area contributed by atoms with Crippen molar-refractivity contribution in [1.29, 1.82) is 0 Å². The minimum atomic E-state index is 1.07. The van der Waals surface area contributed by atoms with Gasteiger partial charge in [0.25, 0.3) is 0 Å². The molecule has 4 nitrogen and oxygen atoms in total. The van der Waals surface area contributed by atoms with Crippen LogP contribution in [0.4, 0.5) is 34.1 Å². The van der Waals surface area contributed by atoms with Crippen LogP contribution in [0.3, 0.4) is 0 Å². The molecule has 42 heavy (non-hydrogen) atoms. The van der Waals surface area contributed by atoms with Gasteiger partial charge < -0.3 is 9.80 Å². The molecule has 0 aliphatic rings. The molecule has 2 aromatic heterocycles. The van der Waals surface area contributed by atoms with Gasteiger partial charge in [-0.15, -0.1) is 0 Å². The summed E-state index contributed by atoms with van der Waals surface area (Å²) in [6.45, 7) is 0. The number of hydrogen-bond acceptors (Lipinski definition) is 4. The van der Waals surface area contributed by atoms with Crippen LogP contribution >= 0.6 is 0 Å². The van der Waals surface area contributed by atoms with E-state index in [0.717, 1.165) is 34.1 Å². The Labute approximate surface area is 244 Å². The number of aromatic nitrogens is 2. The third-order valence-electron chi connectivity index (χ3n) is 7.93. The van der Waals surface area contributed by atoms with Gasteiger partial charge in [0.2, 0.25) is 0 Å². The molecule has 0 radical (unpaired) electrons. The summed E-state index contributed by atoms with van der Waals surface area (Å²) in [6, 6.07) is 47.4. The Morgan fingerprint density at radius 1 is 0.357 bits per heavy atom. The average molecular weight is 539 g/mol. The van der Waals surface area contributed by atoms with E-state index in [-0.39, 0.29) is 0 Å². The number of hydrogen-bond donors (Lipinski definition) is 0. The SMILES string of the molecule is c1ccc(N(c2ccncc2)c2cc3cccc4c(N(c5ccccc5)c5ccncc5)cc5cccc2c5c34)cc1. The monoisotopic (exact) mass is 538 g/mol. The molecule has 0 amide bonds. The molecular formula is C38H26N4. The fraction of sp³-hybridized carbons (Fsp3) is 0. The van der Waals surface area contributed by atoms with Crippen molar-refractivity contribution in [2.75, 3.05) is 9.80 Å². The summed E-state index contributed by atoms with van der Waals surface area (Å²) in [6.07, 6.45) is 7.42. The summed E-state index contributed by atoms with van der Waals surface area (Å²) in [7, 11) is 0. The summed E-state index contributed by atoms with van der Waals surface area (Å²) < 4.78 is 0. The summed E-state index contributed by atoms with van der Waals surface area (Å²) in [5.41, 5.74) is 6.62. The molecule has 4 heteroatoms. The van der Waals surface area contributed by atoms with Crippen LogP contribution in [0.2, 0.25) is 0 Å². The van der Waals surface area contributed by atoms with Gasteiger partial charge in [-0.3, -0.25) is 9.97 Å². The van der Waals surface area contributed by atoms with Gasteiger partial charge in [-0.1, -0.05) is 72.8 Å². The van der Waals surface area contributed by atoms with Crippen molar-refractivity contribution in [2.24, 2.45) is 0 Å². The molecule has 0 saturated carbocycles. The van der Waals surface area contributed by atoms with Crippen molar-refractivity contribution in [2.45, 2.75) is 0 Å². The Hall–Kier alpha value is -5.74. The van der Waals surface area contributed by atoms with Gasteiger partial charge >= 0.3 is 0 Å². The molecule has 6 aromatic carbocycles. The lowest BCUT2D eigenvalue weighted by molar-refractivity contribution is 1.25. The molecule has 0 aliphatic carbocycles. The van der Waals surface area contributed by atoms with Crippen molar-refractivity contribution in [1.82, 2.24) is 9.97 Å². The molecule has 0 unspecified atom stereocenters. The Morgan fingerprint density at radius 3 is 1.14 bits per heavy atom. The van der Waals surface area contributed by atoms with E-state index < -0.39 is 0 Å². The highest BCUT2D eigenvalue weighted by Crippen LogP contribution is 2.48. The fourth-order valence-electron chi connectivity index (χ4n) is 6.18. The molecule has 2 heterocycles. The first-order chi connectivity index (χ1) is 20.9. The summed E-state index contributed by atoms with van der Waals surface area (Å²) in [4.78, 5) is 13.3. The molecule has 8 rings (SSSR count). The van der Waals surface area contributed by atoms with Crippen molar-refractivity contribution in [3.8, 4) is 0 Å². The zero-order chi connectivity index (χ0) is 27.9. The molecule has 0 spiro atoms. The zero-order valence-electron chi connectivity index (χ0n) is 22.8. The van der Waals surface area contributed by atoms with E-state index in [1.54, 1.807) is 0 Å². The minimum Gasteiger partial charge on any atom is -0.310 e. The van der Waals surface area contributed by atoms with Crippen molar-refractivity contribution >= 4 is 66.4 Å². The van der Waals surface area contributed by atoms with Crippen LogP contribution in [0.5, 0.6) is 0 Å². The number of nitrogens with zero attached hydrogens (tertiary/aromatic N) is 4. The van der Waals surface area contributed by atoms with Gasteiger partial charge in [-0.2, -0.15) is 0 Å². The van der Waals surface area contributed by atoms with E-state index in [1.165, 1.54) is 32.3 Å². The molecule has 8 aromatic rings. The largest absolute Gasteiger partial charge is 0.310 e. The summed E-state index contributed by atoms with van der Waals surface area (Å²) in [5.74, 6) is 0. The van der Waals surface area contributed by atoms with Gasteiger partial charge in [-0.05, 0) is 82.2 Å². The third kappa shape index (κ3) is 3.93. The quantitative estimate of drug-likeness (QED) is 0.197. The molecule has 0 fully saturated rings. The van der Waals surface area contributed by atoms with E-state index >= 15 is 0 Å². The van der Waals surface area contributed by atoms with Gasteiger partial charge in [0, 0.05) is 58.3 Å². The predicted molar refractivity (Wildman–Crippen MR) is 175 cm³/mol. The maximum absolute atomic E-state index is 4.29. The Kier molecular flexibility index (Phi) is 5.75. The molecule has 198 valence electrons. The summed E-state index contributed by atoms with van der Waals surface area (Å²) in [5, 5.41) is 7.35. The van der Waals surface area contributed by atoms with Gasteiger partial charge in [-0.25, -0.2) is 0 Å². The normalized spacial score (nSPS) is 11.3. The topological polar surface area (TPSA) is 32.3 Å². The highest BCUT2D eigenvalue weighted by Gasteiger charge is 2.22. The molecule has 0 aliphatic heterocycles. The molecule has 0 saturated heterocycles. The molecule has 0 atom stereocenters. The highest BCUT2D eigenvalue weighted by molar-refractivity contribution is 6.29. The van der Waals surface area contributed by atoms with E-state index in [4.69, 9.17) is 0 Å². The van der Waals surface area contributed by atoms with E-state index in [9.17, 15) is 0 Å². The van der Waals surface area contributed by atoms with Crippen LogP contribution in [-0.2, 0) is 0 Å². The molecule has 0 bridgehead atoms. The maximum Gasteiger partial charge on any atom is 0.0546 e. The Morgan fingerprint density at radius 2 is 0.738 bits per heavy atom. The first-order valence-corrected chi connectivity index (χ1v) is 14.1. The number of benzene rings is 6. The van der Waals surface area contributed by atoms with E-state index in [2.05, 4.69) is 153 Å². The van der Waals surface area contributed by atoms with Gasteiger partial charge in [0.1, 0.15) is 0 Å². The lowest BCUT2D eigenvalue weighted by Crippen LogP contribution is -2.12.